The molecule has 262 valence electrons. The predicted octanol–water partition coefficient (Wildman–Crippen LogP) is 10.8. The summed E-state index contributed by atoms with van der Waals surface area (Å²) in [5.74, 6) is 0.896. The molecule has 0 aliphatic heterocycles. The summed E-state index contributed by atoms with van der Waals surface area (Å²) in [6, 6.07) is 0. The van der Waals surface area contributed by atoms with Crippen LogP contribution in [-0.2, 0) is 14.3 Å². The lowest BCUT2D eigenvalue weighted by molar-refractivity contribution is -0.202. The molecule has 1 N–H and O–H groups in total. The molecule has 4 heteroatoms. The van der Waals surface area contributed by atoms with E-state index in [2.05, 4.69) is 61.5 Å². The number of carbonyl (C=O) groups is 2. The Morgan fingerprint density at radius 3 is 2.07 bits per heavy atom. The van der Waals surface area contributed by atoms with Crippen LogP contribution in [0, 0.1) is 50.2 Å². The van der Waals surface area contributed by atoms with Gasteiger partial charge >= 0.3 is 5.97 Å². The summed E-state index contributed by atoms with van der Waals surface area (Å²) in [6.07, 6.45) is 23.4. The Hall–Kier alpha value is -1.16. The lowest BCUT2D eigenvalue weighted by Crippen LogP contribution is -2.66. The molecule has 0 amide bonds. The SMILES string of the molecule is CCCCCCCCCCCCOC(=O)[C@@]1(C)CC[C@]2(C)CC[C@]3(C)C(=CC(=O)[C@@H]4[C@@]5(C)CC[C@H](O)C(C)(C)C5CC[C@]43C)[C@H]2C1. The molecule has 4 fully saturated rings. The van der Waals surface area contributed by atoms with E-state index in [0.29, 0.717) is 18.3 Å². The van der Waals surface area contributed by atoms with Gasteiger partial charge in [-0.2, -0.15) is 0 Å². The van der Waals surface area contributed by atoms with E-state index in [9.17, 15) is 14.7 Å². The zero-order valence-electron chi connectivity index (χ0n) is 31.2. The standard InChI is InChI=1S/C42H70O4/c1-9-10-11-12-13-14-15-16-17-18-27-46-36(45)39(5)24-23-38(4)25-26-41(7)30(31(38)29-39)28-32(43)35-40(6)21-20-34(44)37(2,3)33(40)19-22-42(35,41)8/h28,31,33-35,44H,9-27,29H2,1-8H3/t31-,33?,34+,35-,38-,39+,40+,41-,42-/m1/s1. The van der Waals surface area contributed by atoms with Crippen molar-refractivity contribution in [1.29, 1.82) is 0 Å². The second-order valence-electron chi connectivity index (χ2n) is 18.9. The van der Waals surface area contributed by atoms with Crippen LogP contribution in [0.4, 0.5) is 0 Å². The molecular weight excluding hydrogens is 568 g/mol. The van der Waals surface area contributed by atoms with Gasteiger partial charge in [0.25, 0.3) is 0 Å². The fourth-order valence-corrected chi connectivity index (χ4v) is 12.3. The van der Waals surface area contributed by atoms with Gasteiger partial charge in [-0.3, -0.25) is 9.59 Å². The Balaban J connectivity index is 1.26. The number of hydrogen-bond donors (Lipinski definition) is 1. The summed E-state index contributed by atoms with van der Waals surface area (Å²) >= 11 is 0. The second-order valence-corrected chi connectivity index (χ2v) is 18.9. The summed E-state index contributed by atoms with van der Waals surface area (Å²) in [5, 5.41) is 11.0. The van der Waals surface area contributed by atoms with Crippen LogP contribution < -0.4 is 0 Å². The molecule has 0 radical (unpaired) electrons. The van der Waals surface area contributed by atoms with Crippen LogP contribution in [0.5, 0.6) is 0 Å². The van der Waals surface area contributed by atoms with Crippen molar-refractivity contribution >= 4 is 11.8 Å². The van der Waals surface area contributed by atoms with Crippen LogP contribution in [0.25, 0.3) is 0 Å². The first-order chi connectivity index (χ1) is 21.6. The topological polar surface area (TPSA) is 63.6 Å². The molecule has 5 aliphatic rings. The highest BCUT2D eigenvalue weighted by molar-refractivity contribution is 5.95. The maximum Gasteiger partial charge on any atom is 0.311 e. The van der Waals surface area contributed by atoms with Crippen LogP contribution in [-0.4, -0.2) is 29.6 Å². The maximum atomic E-state index is 14.6. The minimum Gasteiger partial charge on any atom is -0.465 e. The van der Waals surface area contributed by atoms with Crippen LogP contribution in [0.3, 0.4) is 0 Å². The number of aliphatic hydroxyl groups excluding tert-OH is 1. The van der Waals surface area contributed by atoms with Crippen LogP contribution in [0.15, 0.2) is 11.6 Å². The molecule has 4 nitrogen and oxygen atoms in total. The zero-order valence-corrected chi connectivity index (χ0v) is 31.2. The fourth-order valence-electron chi connectivity index (χ4n) is 12.3. The largest absolute Gasteiger partial charge is 0.465 e. The lowest BCUT2D eigenvalue weighted by atomic mass is 9.33. The third-order valence-corrected chi connectivity index (χ3v) is 15.8. The quantitative estimate of drug-likeness (QED) is 0.171. The molecule has 46 heavy (non-hydrogen) atoms. The molecule has 0 bridgehead atoms. The van der Waals surface area contributed by atoms with E-state index in [1.54, 1.807) is 0 Å². The smallest absolute Gasteiger partial charge is 0.311 e. The van der Waals surface area contributed by atoms with Gasteiger partial charge in [0, 0.05) is 5.92 Å². The molecule has 0 saturated heterocycles. The van der Waals surface area contributed by atoms with Crippen LogP contribution in [0.1, 0.15) is 177 Å². The van der Waals surface area contributed by atoms with Gasteiger partial charge in [0.2, 0.25) is 0 Å². The van der Waals surface area contributed by atoms with Crippen molar-refractivity contribution in [2.45, 2.75) is 183 Å². The van der Waals surface area contributed by atoms with Crippen molar-refractivity contribution in [1.82, 2.24) is 0 Å². The number of carbonyl (C=O) groups excluding carboxylic acids is 2. The van der Waals surface area contributed by atoms with Crippen LogP contribution in [0.2, 0.25) is 0 Å². The highest BCUT2D eigenvalue weighted by atomic mass is 16.5. The first-order valence-electron chi connectivity index (χ1n) is 19.7. The van der Waals surface area contributed by atoms with Crippen molar-refractivity contribution in [2.75, 3.05) is 6.61 Å². The van der Waals surface area contributed by atoms with E-state index >= 15 is 0 Å². The third-order valence-electron chi connectivity index (χ3n) is 15.8. The number of ether oxygens (including phenoxy) is 1. The van der Waals surface area contributed by atoms with Gasteiger partial charge < -0.3 is 9.84 Å². The summed E-state index contributed by atoms with van der Waals surface area (Å²) < 4.78 is 6.01. The molecule has 0 aromatic heterocycles. The number of rotatable bonds is 12. The van der Waals surface area contributed by atoms with Crippen LogP contribution >= 0.6 is 0 Å². The fraction of sp³-hybridized carbons (Fsp3) is 0.905. The van der Waals surface area contributed by atoms with Gasteiger partial charge in [0.05, 0.1) is 18.1 Å². The lowest BCUT2D eigenvalue weighted by Gasteiger charge is -2.70. The van der Waals surface area contributed by atoms with Gasteiger partial charge in [-0.1, -0.05) is 112 Å². The summed E-state index contributed by atoms with van der Waals surface area (Å²) in [5.41, 5.74) is 0.558. The molecule has 5 rings (SSSR count). The molecule has 0 heterocycles. The summed E-state index contributed by atoms with van der Waals surface area (Å²) in [7, 11) is 0. The third kappa shape index (κ3) is 6.00. The number of ketones is 1. The molecule has 1 unspecified atom stereocenters. The van der Waals surface area contributed by atoms with Gasteiger partial charge in [-0.25, -0.2) is 0 Å². The molecule has 5 aliphatic carbocycles. The number of hydrogen-bond acceptors (Lipinski definition) is 4. The molecule has 4 saturated carbocycles. The zero-order chi connectivity index (χ0) is 33.6. The normalized spacial score (nSPS) is 43.1. The monoisotopic (exact) mass is 639 g/mol. The average Bonchev–Trinajstić information content (AvgIpc) is 2.99. The minimum atomic E-state index is -0.490. The number of allylic oxidation sites excluding steroid dienone is 2. The summed E-state index contributed by atoms with van der Waals surface area (Å²) in [6.45, 7) is 19.2. The molecule has 0 spiro atoms. The predicted molar refractivity (Wildman–Crippen MR) is 188 cm³/mol. The highest BCUT2D eigenvalue weighted by Gasteiger charge is 2.70. The number of esters is 1. The Morgan fingerprint density at radius 2 is 1.41 bits per heavy atom. The Morgan fingerprint density at radius 1 is 0.804 bits per heavy atom. The number of unbranched alkanes of at least 4 members (excludes halogenated alkanes) is 9. The van der Waals surface area contributed by atoms with E-state index in [0.717, 1.165) is 70.6 Å². The van der Waals surface area contributed by atoms with Gasteiger partial charge in [0.1, 0.15) is 0 Å². The van der Waals surface area contributed by atoms with Crippen molar-refractivity contribution in [3.8, 4) is 0 Å². The van der Waals surface area contributed by atoms with E-state index in [-0.39, 0.29) is 51.0 Å². The van der Waals surface area contributed by atoms with Crippen molar-refractivity contribution in [3.63, 3.8) is 0 Å². The van der Waals surface area contributed by atoms with Gasteiger partial charge in [0.15, 0.2) is 5.78 Å². The molecule has 0 aromatic rings. The Kier molecular flexibility index (Phi) is 10.4. The first-order valence-corrected chi connectivity index (χ1v) is 19.7. The highest BCUT2D eigenvalue weighted by Crippen LogP contribution is 2.75. The van der Waals surface area contributed by atoms with E-state index in [4.69, 9.17) is 4.74 Å². The second kappa shape index (κ2) is 13.3. The van der Waals surface area contributed by atoms with Crippen molar-refractivity contribution < 1.29 is 19.4 Å². The van der Waals surface area contributed by atoms with Crippen molar-refractivity contribution in [3.05, 3.63) is 11.6 Å². The van der Waals surface area contributed by atoms with Crippen molar-refractivity contribution in [2.24, 2.45) is 50.2 Å². The first kappa shape index (κ1) is 36.1. The molecular formula is C42H70O4. The number of fused-ring (bicyclic) bond motifs is 7. The van der Waals surface area contributed by atoms with E-state index in [1.807, 2.05) is 0 Å². The van der Waals surface area contributed by atoms with Gasteiger partial charge in [-0.15, -0.1) is 0 Å². The van der Waals surface area contributed by atoms with E-state index in [1.165, 1.54) is 56.9 Å². The number of aliphatic hydroxyl groups is 1. The molecule has 0 aromatic carbocycles. The molecule has 9 atom stereocenters. The average molecular weight is 639 g/mol. The Labute approximate surface area is 282 Å². The summed E-state index contributed by atoms with van der Waals surface area (Å²) in [4.78, 5) is 28.3. The Bertz CT molecular complexity index is 1150. The van der Waals surface area contributed by atoms with Gasteiger partial charge in [-0.05, 0) is 116 Å². The minimum absolute atomic E-state index is 0.00960. The maximum absolute atomic E-state index is 14.6. The van der Waals surface area contributed by atoms with E-state index < -0.39 is 5.41 Å².